The van der Waals surface area contributed by atoms with Crippen LogP contribution in [0, 0.1) is 5.92 Å². The molecule has 18 nitrogen and oxygen atoms in total. The molecule has 0 fully saturated rings. The number of rotatable bonds is 19. The Morgan fingerprint density at radius 2 is 1.22 bits per heavy atom. The van der Waals surface area contributed by atoms with Crippen LogP contribution in [0.15, 0.2) is 0 Å². The molecule has 0 unspecified atom stereocenters. The van der Waals surface area contributed by atoms with Crippen LogP contribution >= 0.6 is 0 Å². The summed E-state index contributed by atoms with van der Waals surface area (Å²) in [6, 6.07) is -5.19. The number of carboxylic acid groups (broad SMARTS) is 1. The van der Waals surface area contributed by atoms with E-state index in [2.05, 4.69) is 31.9 Å². The first-order chi connectivity index (χ1) is 19.1. The Balaban J connectivity index is 5.18. The first-order valence-electron chi connectivity index (χ1n) is 12.7. The van der Waals surface area contributed by atoms with E-state index in [4.69, 9.17) is 16.6 Å². The molecule has 0 saturated heterocycles. The summed E-state index contributed by atoms with van der Waals surface area (Å²) in [5, 5.41) is 31.9. The van der Waals surface area contributed by atoms with Crippen LogP contribution in [-0.2, 0) is 38.4 Å². The molecule has 4 atom stereocenters. The second-order valence-corrected chi connectivity index (χ2v) is 9.39. The van der Waals surface area contributed by atoms with E-state index >= 15 is 0 Å². The van der Waals surface area contributed by atoms with Gasteiger partial charge in [-0.05, 0) is 25.7 Å². The SMILES string of the molecule is CC(C)C[C@H](NC(=O)CN)C(=O)NCC(=O)N[C@@H](CO)C(=O)N[C@@H](CCC(N)=O)C(=O)NCC(=O)N[C@@H](C)C(=O)O. The quantitative estimate of drug-likeness (QED) is 0.0678. The maximum absolute atomic E-state index is 12.7. The van der Waals surface area contributed by atoms with Crippen LogP contribution in [0.5, 0.6) is 0 Å². The highest BCUT2D eigenvalue weighted by Crippen LogP contribution is 2.05. The topological polar surface area (TPSA) is 301 Å². The van der Waals surface area contributed by atoms with Crippen LogP contribution in [0.4, 0.5) is 0 Å². The Labute approximate surface area is 236 Å². The van der Waals surface area contributed by atoms with E-state index in [1.54, 1.807) is 0 Å². The second kappa shape index (κ2) is 18.9. The molecule has 0 aliphatic carbocycles. The summed E-state index contributed by atoms with van der Waals surface area (Å²) in [6.07, 6.45) is -0.384. The van der Waals surface area contributed by atoms with Crippen molar-refractivity contribution < 1.29 is 48.6 Å². The minimum atomic E-state index is -1.58. The molecule has 7 amide bonds. The summed E-state index contributed by atoms with van der Waals surface area (Å²) in [7, 11) is 0. The van der Waals surface area contributed by atoms with Gasteiger partial charge in [-0.15, -0.1) is 0 Å². The third-order valence-corrected chi connectivity index (χ3v) is 5.29. The van der Waals surface area contributed by atoms with Crippen molar-refractivity contribution in [2.24, 2.45) is 17.4 Å². The van der Waals surface area contributed by atoms with Gasteiger partial charge in [0.2, 0.25) is 41.4 Å². The molecule has 0 saturated carbocycles. The molecular weight excluding hydrogens is 548 g/mol. The van der Waals surface area contributed by atoms with E-state index in [0.717, 1.165) is 0 Å². The number of nitrogens with one attached hydrogen (secondary N) is 6. The van der Waals surface area contributed by atoms with Crippen molar-refractivity contribution in [3.05, 3.63) is 0 Å². The molecule has 0 spiro atoms. The highest BCUT2D eigenvalue weighted by Gasteiger charge is 2.28. The minimum absolute atomic E-state index is 0.0162. The second-order valence-electron chi connectivity index (χ2n) is 9.39. The van der Waals surface area contributed by atoms with E-state index in [0.29, 0.717) is 0 Å². The summed E-state index contributed by atoms with van der Waals surface area (Å²) >= 11 is 0. The van der Waals surface area contributed by atoms with Crippen molar-refractivity contribution in [2.75, 3.05) is 26.2 Å². The highest BCUT2D eigenvalue weighted by atomic mass is 16.4. The standard InChI is InChI=1S/C23H40N8O10/c1-11(2)6-14(29-17(34)7-24)21(38)27-9-19(36)30-15(10-32)22(39)31-13(4-5-16(25)33)20(37)26-8-18(35)28-12(3)23(40)41/h11-15,32H,4-10,24H2,1-3H3,(H2,25,33)(H,26,37)(H,27,38)(H,28,35)(H,29,34)(H,30,36)(H,31,39)(H,40,41)/t12-,13-,14-,15-/m0/s1. The molecular formula is C23H40N8O10. The molecule has 0 heterocycles. The number of primary amides is 1. The van der Waals surface area contributed by atoms with Crippen LogP contribution in [-0.4, -0.2) is 108 Å². The lowest BCUT2D eigenvalue weighted by molar-refractivity contribution is -0.141. The van der Waals surface area contributed by atoms with Gasteiger partial charge in [0.1, 0.15) is 24.2 Å². The van der Waals surface area contributed by atoms with Crippen molar-refractivity contribution in [3.63, 3.8) is 0 Å². The molecule has 0 rings (SSSR count). The maximum atomic E-state index is 12.7. The number of hydrogen-bond donors (Lipinski definition) is 10. The fourth-order valence-electron chi connectivity index (χ4n) is 3.16. The van der Waals surface area contributed by atoms with Crippen molar-refractivity contribution in [3.8, 4) is 0 Å². The third-order valence-electron chi connectivity index (χ3n) is 5.29. The Morgan fingerprint density at radius 3 is 1.68 bits per heavy atom. The fraction of sp³-hybridized carbons (Fsp3) is 0.652. The van der Waals surface area contributed by atoms with Crippen molar-refractivity contribution in [1.29, 1.82) is 0 Å². The Kier molecular flexibility index (Phi) is 16.9. The number of aliphatic hydroxyl groups is 1. The van der Waals surface area contributed by atoms with Crippen LogP contribution in [0.3, 0.4) is 0 Å². The monoisotopic (exact) mass is 588 g/mol. The number of aliphatic hydroxyl groups excluding tert-OH is 1. The van der Waals surface area contributed by atoms with E-state index in [1.807, 2.05) is 13.8 Å². The van der Waals surface area contributed by atoms with Gasteiger partial charge >= 0.3 is 5.97 Å². The van der Waals surface area contributed by atoms with Crippen molar-refractivity contribution >= 4 is 47.3 Å². The first-order valence-corrected chi connectivity index (χ1v) is 12.7. The summed E-state index contributed by atoms with van der Waals surface area (Å²) in [5.41, 5.74) is 10.4. The maximum Gasteiger partial charge on any atom is 0.325 e. The van der Waals surface area contributed by atoms with E-state index in [9.17, 15) is 43.5 Å². The van der Waals surface area contributed by atoms with Gasteiger partial charge in [-0.1, -0.05) is 13.8 Å². The molecule has 0 aromatic carbocycles. The molecule has 232 valence electrons. The number of carbonyl (C=O) groups is 8. The number of hydrogen-bond acceptors (Lipinski definition) is 10. The highest BCUT2D eigenvalue weighted by molar-refractivity contribution is 5.95. The largest absolute Gasteiger partial charge is 0.480 e. The van der Waals surface area contributed by atoms with Gasteiger partial charge in [-0.2, -0.15) is 0 Å². The third kappa shape index (κ3) is 15.8. The predicted molar refractivity (Wildman–Crippen MR) is 141 cm³/mol. The zero-order chi connectivity index (χ0) is 31.7. The first kappa shape index (κ1) is 36.7. The molecule has 0 aromatic heterocycles. The van der Waals surface area contributed by atoms with Gasteiger partial charge in [0.05, 0.1) is 26.2 Å². The average Bonchev–Trinajstić information content (AvgIpc) is 2.89. The summed E-state index contributed by atoms with van der Waals surface area (Å²) < 4.78 is 0. The molecule has 41 heavy (non-hydrogen) atoms. The summed E-state index contributed by atoms with van der Waals surface area (Å²) in [4.78, 5) is 95.5. The predicted octanol–water partition coefficient (Wildman–Crippen LogP) is -5.47. The van der Waals surface area contributed by atoms with Gasteiger partial charge in [0.25, 0.3) is 0 Å². The van der Waals surface area contributed by atoms with Crippen LogP contribution in [0.1, 0.15) is 40.0 Å². The molecule has 0 aliphatic heterocycles. The Hall–Kier alpha value is -4.32. The lowest BCUT2D eigenvalue weighted by Gasteiger charge is -2.22. The Bertz CT molecular complexity index is 974. The average molecular weight is 589 g/mol. The molecule has 0 bridgehead atoms. The van der Waals surface area contributed by atoms with Gasteiger partial charge in [-0.3, -0.25) is 38.4 Å². The smallest absolute Gasteiger partial charge is 0.325 e. The molecule has 12 N–H and O–H groups in total. The van der Waals surface area contributed by atoms with Gasteiger partial charge in [0.15, 0.2) is 0 Å². The van der Waals surface area contributed by atoms with Crippen LogP contribution < -0.4 is 43.4 Å². The van der Waals surface area contributed by atoms with Crippen LogP contribution in [0.25, 0.3) is 0 Å². The van der Waals surface area contributed by atoms with Gasteiger partial charge in [0, 0.05) is 6.42 Å². The number of aliphatic carboxylic acids is 1. The lowest BCUT2D eigenvalue weighted by atomic mass is 10.0. The van der Waals surface area contributed by atoms with Crippen molar-refractivity contribution in [1.82, 2.24) is 31.9 Å². The van der Waals surface area contributed by atoms with Crippen LogP contribution in [0.2, 0.25) is 0 Å². The summed E-state index contributed by atoms with van der Waals surface area (Å²) in [6.45, 7) is 2.32. The Morgan fingerprint density at radius 1 is 0.707 bits per heavy atom. The molecule has 0 radical (unpaired) electrons. The van der Waals surface area contributed by atoms with Gasteiger partial charge in [-0.25, -0.2) is 0 Å². The lowest BCUT2D eigenvalue weighted by Crippen LogP contribution is -2.57. The number of nitrogens with two attached hydrogens (primary N) is 2. The van der Waals surface area contributed by atoms with Crippen molar-refractivity contribution in [2.45, 2.75) is 64.2 Å². The number of carboxylic acids is 1. The van der Waals surface area contributed by atoms with E-state index < -0.39 is 91.2 Å². The number of carbonyl (C=O) groups excluding carboxylic acids is 7. The normalized spacial score (nSPS) is 13.5. The van der Waals surface area contributed by atoms with E-state index in [1.165, 1.54) is 6.92 Å². The molecule has 18 heteroatoms. The van der Waals surface area contributed by atoms with E-state index in [-0.39, 0.29) is 31.7 Å². The zero-order valence-corrected chi connectivity index (χ0v) is 23.2. The molecule has 0 aliphatic rings. The number of amides is 7. The molecule has 0 aromatic rings. The fourth-order valence-corrected chi connectivity index (χ4v) is 3.16. The summed E-state index contributed by atoms with van der Waals surface area (Å²) in [5.74, 6) is -7.02. The zero-order valence-electron chi connectivity index (χ0n) is 23.2. The van der Waals surface area contributed by atoms with Gasteiger partial charge < -0.3 is 53.6 Å². The minimum Gasteiger partial charge on any atom is -0.480 e.